The van der Waals surface area contributed by atoms with Crippen molar-refractivity contribution in [1.82, 2.24) is 15.2 Å². The quantitative estimate of drug-likeness (QED) is 0.618. The summed E-state index contributed by atoms with van der Waals surface area (Å²) in [5.41, 5.74) is 7.11. The van der Waals surface area contributed by atoms with E-state index in [9.17, 15) is 4.79 Å². The summed E-state index contributed by atoms with van der Waals surface area (Å²) in [6.45, 7) is 7.10. The molecule has 26 heavy (non-hydrogen) atoms. The molecule has 8 heteroatoms. The van der Waals surface area contributed by atoms with E-state index in [0.29, 0.717) is 37.1 Å². The van der Waals surface area contributed by atoms with Crippen LogP contribution in [0.4, 0.5) is 5.69 Å². The molecule has 2 aromatic rings. The lowest BCUT2D eigenvalue weighted by molar-refractivity contribution is -0.117. The first kappa shape index (κ1) is 22.1. The maximum Gasteiger partial charge on any atom is 0.226 e. The molecule has 0 saturated heterocycles. The molecule has 0 aliphatic carbocycles. The van der Waals surface area contributed by atoms with Gasteiger partial charge in [-0.15, -0.1) is 12.4 Å². The minimum absolute atomic E-state index is 0. The zero-order valence-electron chi connectivity index (χ0n) is 15.5. The number of hydrogen-bond donors (Lipinski definition) is 3. The number of amides is 1. The van der Waals surface area contributed by atoms with E-state index in [1.807, 2.05) is 31.2 Å². The van der Waals surface area contributed by atoms with Gasteiger partial charge in [-0.05, 0) is 43.5 Å². The number of halogens is 1. The third-order valence-corrected chi connectivity index (χ3v) is 3.69. The Kier molecular flexibility index (Phi) is 9.26. The van der Waals surface area contributed by atoms with Crippen LogP contribution in [0.2, 0.25) is 0 Å². The van der Waals surface area contributed by atoms with Gasteiger partial charge in [0.2, 0.25) is 5.91 Å². The van der Waals surface area contributed by atoms with Gasteiger partial charge in [0.25, 0.3) is 0 Å². The summed E-state index contributed by atoms with van der Waals surface area (Å²) in [7, 11) is 0. The first-order valence-electron chi connectivity index (χ1n) is 8.61. The highest BCUT2D eigenvalue weighted by Crippen LogP contribution is 2.18. The average molecular weight is 382 g/mol. The Hall–Kier alpha value is -1.96. The van der Waals surface area contributed by atoms with Crippen LogP contribution in [0.3, 0.4) is 0 Å². The van der Waals surface area contributed by atoms with Gasteiger partial charge in [0, 0.05) is 11.3 Å². The van der Waals surface area contributed by atoms with E-state index >= 15 is 0 Å². The smallest absolute Gasteiger partial charge is 0.226 e. The molecule has 1 heterocycles. The van der Waals surface area contributed by atoms with E-state index < -0.39 is 0 Å². The number of nitrogens with two attached hydrogens (primary N) is 1. The minimum atomic E-state index is -0.0622. The van der Waals surface area contributed by atoms with Crippen LogP contribution >= 0.6 is 12.4 Å². The summed E-state index contributed by atoms with van der Waals surface area (Å²) in [6, 6.07) is 7.38. The van der Waals surface area contributed by atoms with Crippen LogP contribution in [-0.2, 0) is 16.1 Å². The molecule has 1 unspecified atom stereocenters. The van der Waals surface area contributed by atoms with Crippen LogP contribution in [0.5, 0.6) is 0 Å². The fraction of sp³-hybridized carbons (Fsp3) is 0.500. The maximum atomic E-state index is 12.0. The Labute approximate surface area is 160 Å². The molecule has 1 amide bonds. The molecule has 2 rings (SSSR count). The van der Waals surface area contributed by atoms with E-state index in [1.54, 1.807) is 0 Å². The third-order valence-electron chi connectivity index (χ3n) is 3.69. The van der Waals surface area contributed by atoms with Crippen LogP contribution in [0.25, 0.3) is 11.4 Å². The summed E-state index contributed by atoms with van der Waals surface area (Å²) >= 11 is 0. The molecular weight excluding hydrogens is 354 g/mol. The van der Waals surface area contributed by atoms with Crippen LogP contribution in [0.15, 0.2) is 24.3 Å². The van der Waals surface area contributed by atoms with Gasteiger partial charge in [0.1, 0.15) is 5.82 Å². The van der Waals surface area contributed by atoms with Gasteiger partial charge >= 0.3 is 0 Å². The standard InChI is InChI=1S/C18H27N5O2.ClH/c1-12(2)10-13(3)25-9-8-17(24)20-15-6-4-14(5-7-15)18-21-16(11-19)22-23-18;/h4-7,12-13H,8-11,19H2,1-3H3,(H,20,24)(H,21,22,23);1H. The van der Waals surface area contributed by atoms with Crippen LogP contribution in [-0.4, -0.2) is 33.8 Å². The fourth-order valence-electron chi connectivity index (χ4n) is 2.53. The molecular formula is C18H28ClN5O2. The van der Waals surface area contributed by atoms with Crippen molar-refractivity contribution in [2.75, 3.05) is 11.9 Å². The van der Waals surface area contributed by atoms with Gasteiger partial charge in [-0.2, -0.15) is 5.10 Å². The first-order chi connectivity index (χ1) is 12.0. The van der Waals surface area contributed by atoms with Gasteiger partial charge in [-0.3, -0.25) is 9.89 Å². The molecule has 1 atom stereocenters. The molecule has 4 N–H and O–H groups in total. The Morgan fingerprint density at radius 1 is 1.27 bits per heavy atom. The molecule has 0 spiro atoms. The molecule has 1 aromatic heterocycles. The third kappa shape index (κ3) is 7.11. The number of hydrogen-bond acceptors (Lipinski definition) is 5. The molecule has 7 nitrogen and oxygen atoms in total. The van der Waals surface area contributed by atoms with Crippen molar-refractivity contribution in [3.63, 3.8) is 0 Å². The number of rotatable bonds is 9. The summed E-state index contributed by atoms with van der Waals surface area (Å²) in [6.07, 6.45) is 1.51. The molecule has 144 valence electrons. The van der Waals surface area contributed by atoms with Gasteiger partial charge in [-0.1, -0.05) is 13.8 Å². The Balaban J connectivity index is 0.00000338. The maximum absolute atomic E-state index is 12.0. The molecule has 0 bridgehead atoms. The molecule has 0 aliphatic heterocycles. The second-order valence-corrected chi connectivity index (χ2v) is 6.50. The van der Waals surface area contributed by atoms with Crippen molar-refractivity contribution in [1.29, 1.82) is 0 Å². The summed E-state index contributed by atoms with van der Waals surface area (Å²) < 4.78 is 5.66. The average Bonchev–Trinajstić information content (AvgIpc) is 3.04. The first-order valence-corrected chi connectivity index (χ1v) is 8.61. The molecule has 0 radical (unpaired) electrons. The van der Waals surface area contributed by atoms with Gasteiger partial charge in [0.15, 0.2) is 5.82 Å². The Morgan fingerprint density at radius 3 is 2.54 bits per heavy atom. The molecule has 0 aliphatic rings. The molecule has 0 fully saturated rings. The highest BCUT2D eigenvalue weighted by atomic mass is 35.5. The van der Waals surface area contributed by atoms with Crippen LogP contribution in [0, 0.1) is 5.92 Å². The van der Waals surface area contributed by atoms with E-state index in [2.05, 4.69) is 34.3 Å². The molecule has 0 saturated carbocycles. The van der Waals surface area contributed by atoms with Crippen molar-refractivity contribution in [3.05, 3.63) is 30.1 Å². The lowest BCUT2D eigenvalue weighted by Crippen LogP contribution is -2.18. The number of ether oxygens (including phenoxy) is 1. The fourth-order valence-corrected chi connectivity index (χ4v) is 2.53. The largest absolute Gasteiger partial charge is 0.378 e. The lowest BCUT2D eigenvalue weighted by Gasteiger charge is -2.14. The van der Waals surface area contributed by atoms with Crippen molar-refractivity contribution < 1.29 is 9.53 Å². The minimum Gasteiger partial charge on any atom is -0.378 e. The Bertz CT molecular complexity index is 672. The van der Waals surface area contributed by atoms with Crippen molar-refractivity contribution >= 4 is 24.0 Å². The monoisotopic (exact) mass is 381 g/mol. The zero-order valence-corrected chi connectivity index (χ0v) is 16.3. The number of anilines is 1. The number of nitrogens with zero attached hydrogens (tertiary/aromatic N) is 2. The van der Waals surface area contributed by atoms with Gasteiger partial charge in [-0.25, -0.2) is 4.98 Å². The number of carbonyl (C=O) groups excluding carboxylic acids is 1. The number of H-pyrrole nitrogens is 1. The number of aromatic nitrogens is 3. The van der Waals surface area contributed by atoms with Crippen molar-refractivity contribution in [3.8, 4) is 11.4 Å². The second-order valence-electron chi connectivity index (χ2n) is 6.50. The van der Waals surface area contributed by atoms with Gasteiger partial charge in [0.05, 0.1) is 25.7 Å². The van der Waals surface area contributed by atoms with E-state index in [4.69, 9.17) is 10.5 Å². The normalized spacial score (nSPS) is 11.9. The van der Waals surface area contributed by atoms with Crippen LogP contribution in [0.1, 0.15) is 39.4 Å². The highest BCUT2D eigenvalue weighted by molar-refractivity contribution is 5.91. The van der Waals surface area contributed by atoms with Crippen LogP contribution < -0.4 is 11.1 Å². The number of nitrogens with one attached hydrogen (secondary N) is 2. The summed E-state index contributed by atoms with van der Waals surface area (Å²) in [5.74, 6) is 1.75. The van der Waals surface area contributed by atoms with Crippen molar-refractivity contribution in [2.24, 2.45) is 11.7 Å². The molecule has 1 aromatic carbocycles. The van der Waals surface area contributed by atoms with E-state index in [0.717, 1.165) is 17.7 Å². The zero-order chi connectivity index (χ0) is 18.2. The topological polar surface area (TPSA) is 106 Å². The second kappa shape index (κ2) is 10.9. The van der Waals surface area contributed by atoms with E-state index in [1.165, 1.54) is 0 Å². The predicted molar refractivity (Wildman–Crippen MR) is 105 cm³/mol. The summed E-state index contributed by atoms with van der Waals surface area (Å²) in [5, 5.41) is 9.74. The Morgan fingerprint density at radius 2 is 1.96 bits per heavy atom. The predicted octanol–water partition coefficient (Wildman–Crippen LogP) is 3.13. The highest BCUT2D eigenvalue weighted by Gasteiger charge is 2.09. The number of benzene rings is 1. The summed E-state index contributed by atoms with van der Waals surface area (Å²) in [4.78, 5) is 16.2. The number of carbonyl (C=O) groups is 1. The number of aromatic amines is 1. The SMILES string of the molecule is CC(C)CC(C)OCCC(=O)Nc1ccc(-c2n[nH]c(CN)n2)cc1.Cl. The van der Waals surface area contributed by atoms with Gasteiger partial charge < -0.3 is 15.8 Å². The van der Waals surface area contributed by atoms with E-state index in [-0.39, 0.29) is 24.4 Å². The van der Waals surface area contributed by atoms with Crippen molar-refractivity contribution in [2.45, 2.75) is 46.3 Å². The lowest BCUT2D eigenvalue weighted by atomic mass is 10.1.